The molecular formula is C24H14N4O3. The molecule has 0 fully saturated rings. The summed E-state index contributed by atoms with van der Waals surface area (Å²) in [5.41, 5.74) is 2.97. The van der Waals surface area contributed by atoms with Crippen molar-refractivity contribution in [3.63, 3.8) is 0 Å². The molecule has 0 aliphatic carbocycles. The van der Waals surface area contributed by atoms with Gasteiger partial charge in [0, 0.05) is 28.9 Å². The first-order valence-corrected chi connectivity index (χ1v) is 9.45. The fourth-order valence-corrected chi connectivity index (χ4v) is 3.73. The molecule has 148 valence electrons. The lowest BCUT2D eigenvalue weighted by molar-refractivity contribution is 0.0641. The Hall–Kier alpha value is -4.57. The molecule has 1 N–H and O–H groups in total. The van der Waals surface area contributed by atoms with Crippen LogP contribution in [0.1, 0.15) is 32.0 Å². The van der Waals surface area contributed by atoms with Crippen molar-refractivity contribution in [1.82, 2.24) is 20.1 Å². The fraction of sp³-hybridized carbons (Fsp3) is 0.0417. The second-order valence-corrected chi connectivity index (χ2v) is 7.11. The molecule has 7 heteroatoms. The summed E-state index contributed by atoms with van der Waals surface area (Å²) in [6.07, 6.45) is 8.73. The van der Waals surface area contributed by atoms with Crippen molar-refractivity contribution in [2.24, 2.45) is 0 Å². The Bertz CT molecular complexity index is 1460. The summed E-state index contributed by atoms with van der Waals surface area (Å²) >= 11 is 0. The van der Waals surface area contributed by atoms with E-state index in [1.807, 2.05) is 6.07 Å². The molecule has 7 nitrogen and oxygen atoms in total. The SMILES string of the molecule is C#Cc1cncc(-c2ccc3c(=O)[nH]nc(CN4C(=O)c5ccccc5C4=O)c3c2)c1. The van der Waals surface area contributed by atoms with Crippen molar-refractivity contribution < 1.29 is 9.59 Å². The molecule has 2 aromatic carbocycles. The minimum absolute atomic E-state index is 0.0638. The van der Waals surface area contributed by atoms with E-state index in [1.54, 1.807) is 54.9 Å². The lowest BCUT2D eigenvalue weighted by atomic mass is 10.0. The molecule has 0 bridgehead atoms. The first-order chi connectivity index (χ1) is 15.1. The summed E-state index contributed by atoms with van der Waals surface area (Å²) in [6.45, 7) is -0.0638. The molecule has 0 radical (unpaired) electrons. The van der Waals surface area contributed by atoms with Crippen molar-refractivity contribution in [2.45, 2.75) is 6.54 Å². The number of aromatic nitrogens is 3. The number of carbonyl (C=O) groups excluding carboxylic acids is 2. The maximum absolute atomic E-state index is 12.8. The van der Waals surface area contributed by atoms with E-state index >= 15 is 0 Å². The van der Waals surface area contributed by atoms with Gasteiger partial charge in [0.1, 0.15) is 0 Å². The minimum Gasteiger partial charge on any atom is -0.269 e. The summed E-state index contributed by atoms with van der Waals surface area (Å²) < 4.78 is 0. The summed E-state index contributed by atoms with van der Waals surface area (Å²) in [6, 6.07) is 13.8. The van der Waals surface area contributed by atoms with Gasteiger partial charge in [0.05, 0.1) is 28.8 Å². The monoisotopic (exact) mass is 406 g/mol. The number of carbonyl (C=O) groups is 2. The number of nitrogens with zero attached hydrogens (tertiary/aromatic N) is 3. The Morgan fingerprint density at radius 3 is 2.35 bits per heavy atom. The second kappa shape index (κ2) is 7.04. The third-order valence-electron chi connectivity index (χ3n) is 5.29. The van der Waals surface area contributed by atoms with E-state index < -0.39 is 0 Å². The molecule has 0 atom stereocenters. The number of terminal acetylenes is 1. The van der Waals surface area contributed by atoms with E-state index in [4.69, 9.17) is 6.42 Å². The van der Waals surface area contributed by atoms with Crippen LogP contribution in [0.4, 0.5) is 0 Å². The van der Waals surface area contributed by atoms with Crippen LogP contribution in [0.2, 0.25) is 0 Å². The third kappa shape index (κ3) is 2.98. The van der Waals surface area contributed by atoms with Gasteiger partial charge in [-0.2, -0.15) is 5.10 Å². The van der Waals surface area contributed by atoms with Gasteiger partial charge in [-0.3, -0.25) is 24.3 Å². The minimum atomic E-state index is -0.385. The highest BCUT2D eigenvalue weighted by Gasteiger charge is 2.35. The van der Waals surface area contributed by atoms with E-state index in [9.17, 15) is 14.4 Å². The van der Waals surface area contributed by atoms with Gasteiger partial charge in [0.15, 0.2) is 0 Å². The van der Waals surface area contributed by atoms with Crippen LogP contribution in [-0.2, 0) is 6.54 Å². The standard InChI is InChI=1S/C24H14N4O3/c1-2-14-9-16(12-25-11-14)15-7-8-17-20(10-15)21(26-27-22(17)29)13-28-23(30)18-5-3-4-6-19(18)24(28)31/h1,3-12H,13H2,(H,27,29). The molecule has 31 heavy (non-hydrogen) atoms. The number of rotatable bonds is 3. The van der Waals surface area contributed by atoms with E-state index in [2.05, 4.69) is 21.1 Å². The normalized spacial score (nSPS) is 12.8. The Labute approximate surface area is 176 Å². The Balaban J connectivity index is 1.60. The van der Waals surface area contributed by atoms with Crippen LogP contribution in [0.25, 0.3) is 21.9 Å². The molecular weight excluding hydrogens is 392 g/mol. The zero-order valence-corrected chi connectivity index (χ0v) is 16.1. The zero-order valence-electron chi connectivity index (χ0n) is 16.1. The number of pyridine rings is 1. The summed E-state index contributed by atoms with van der Waals surface area (Å²) in [5, 5.41) is 7.54. The van der Waals surface area contributed by atoms with Gasteiger partial charge in [-0.1, -0.05) is 24.1 Å². The van der Waals surface area contributed by atoms with Crippen LogP contribution in [0, 0.1) is 12.3 Å². The molecule has 4 aromatic rings. The Kier molecular flexibility index (Phi) is 4.19. The molecule has 0 unspecified atom stereocenters. The van der Waals surface area contributed by atoms with E-state index in [0.717, 1.165) is 16.0 Å². The summed E-state index contributed by atoms with van der Waals surface area (Å²) in [4.78, 5) is 43.1. The molecule has 1 aliphatic rings. The van der Waals surface area contributed by atoms with Crippen molar-refractivity contribution in [2.75, 3.05) is 0 Å². The number of hydrogen-bond donors (Lipinski definition) is 1. The number of nitrogens with one attached hydrogen (secondary N) is 1. The maximum atomic E-state index is 12.8. The van der Waals surface area contributed by atoms with Gasteiger partial charge in [-0.05, 0) is 35.9 Å². The van der Waals surface area contributed by atoms with Gasteiger partial charge >= 0.3 is 0 Å². The first-order valence-electron chi connectivity index (χ1n) is 9.45. The maximum Gasteiger partial charge on any atom is 0.272 e. The average Bonchev–Trinajstić information content (AvgIpc) is 3.05. The summed E-state index contributed by atoms with van der Waals surface area (Å²) in [5.74, 6) is 1.78. The van der Waals surface area contributed by atoms with Gasteiger partial charge < -0.3 is 0 Å². The highest BCUT2D eigenvalue weighted by Crippen LogP contribution is 2.28. The van der Waals surface area contributed by atoms with Crippen molar-refractivity contribution in [3.8, 4) is 23.5 Å². The topological polar surface area (TPSA) is 96.0 Å². The van der Waals surface area contributed by atoms with Crippen molar-refractivity contribution >= 4 is 22.6 Å². The molecule has 1 aliphatic heterocycles. The van der Waals surface area contributed by atoms with Crippen LogP contribution < -0.4 is 5.56 Å². The molecule has 0 spiro atoms. The van der Waals surface area contributed by atoms with Gasteiger partial charge in [-0.15, -0.1) is 6.42 Å². The number of benzene rings is 2. The van der Waals surface area contributed by atoms with E-state index in [0.29, 0.717) is 33.2 Å². The second-order valence-electron chi connectivity index (χ2n) is 7.11. The molecule has 0 saturated carbocycles. The number of aromatic amines is 1. The Morgan fingerprint density at radius 1 is 0.903 bits per heavy atom. The fourth-order valence-electron chi connectivity index (χ4n) is 3.73. The summed E-state index contributed by atoms with van der Waals surface area (Å²) in [7, 11) is 0. The largest absolute Gasteiger partial charge is 0.272 e. The average molecular weight is 406 g/mol. The number of H-pyrrole nitrogens is 1. The molecule has 2 amide bonds. The number of fused-ring (bicyclic) bond motifs is 2. The predicted octanol–water partition coefficient (Wildman–Crippen LogP) is 2.76. The third-order valence-corrected chi connectivity index (χ3v) is 5.29. The number of amides is 2. The lowest BCUT2D eigenvalue weighted by Crippen LogP contribution is -2.30. The van der Waals surface area contributed by atoms with Gasteiger partial charge in [0.2, 0.25) is 0 Å². The molecule has 5 rings (SSSR count). The highest BCUT2D eigenvalue weighted by molar-refractivity contribution is 6.21. The van der Waals surface area contributed by atoms with Gasteiger partial charge in [0.25, 0.3) is 17.4 Å². The van der Waals surface area contributed by atoms with Crippen LogP contribution in [-0.4, -0.2) is 31.9 Å². The van der Waals surface area contributed by atoms with Crippen molar-refractivity contribution in [3.05, 3.63) is 93.7 Å². The van der Waals surface area contributed by atoms with Crippen molar-refractivity contribution in [1.29, 1.82) is 0 Å². The van der Waals surface area contributed by atoms with Crippen LogP contribution in [0.3, 0.4) is 0 Å². The first kappa shape index (κ1) is 18.5. The zero-order chi connectivity index (χ0) is 21.5. The number of hydrogen-bond acceptors (Lipinski definition) is 5. The quantitative estimate of drug-likeness (QED) is 0.417. The predicted molar refractivity (Wildman–Crippen MR) is 114 cm³/mol. The lowest BCUT2D eigenvalue weighted by Gasteiger charge is -2.15. The van der Waals surface area contributed by atoms with E-state index in [-0.39, 0.29) is 23.9 Å². The molecule has 2 aromatic heterocycles. The van der Waals surface area contributed by atoms with E-state index in [1.165, 1.54) is 0 Å². The van der Waals surface area contributed by atoms with Crippen LogP contribution in [0.15, 0.2) is 65.7 Å². The smallest absolute Gasteiger partial charge is 0.269 e. The van der Waals surface area contributed by atoms with Gasteiger partial charge in [-0.25, -0.2) is 5.10 Å². The molecule has 0 saturated heterocycles. The molecule has 3 heterocycles. The van der Waals surface area contributed by atoms with Crippen LogP contribution in [0.5, 0.6) is 0 Å². The number of imide groups is 1. The van der Waals surface area contributed by atoms with Crippen LogP contribution >= 0.6 is 0 Å². The highest BCUT2D eigenvalue weighted by atomic mass is 16.2. The Morgan fingerprint density at radius 2 is 1.65 bits per heavy atom.